The summed E-state index contributed by atoms with van der Waals surface area (Å²) in [5.41, 5.74) is 0.259. The van der Waals surface area contributed by atoms with E-state index in [2.05, 4.69) is 15.9 Å². The Labute approximate surface area is 107 Å². The highest BCUT2D eigenvalue weighted by Gasteiger charge is 2.25. The summed E-state index contributed by atoms with van der Waals surface area (Å²) < 4.78 is 10.5. The van der Waals surface area contributed by atoms with Crippen LogP contribution < -0.4 is 9.47 Å². The molecule has 0 aliphatic rings. The van der Waals surface area contributed by atoms with Crippen molar-refractivity contribution in [1.29, 1.82) is 0 Å². The van der Waals surface area contributed by atoms with Gasteiger partial charge in [-0.1, -0.05) is 0 Å². The number of carbonyl (C=O) groups is 1. The van der Waals surface area contributed by atoms with E-state index in [0.29, 0.717) is 16.0 Å². The number of hydrogen-bond donors (Lipinski definition) is 2. The quantitative estimate of drug-likeness (QED) is 0.893. The Morgan fingerprint density at radius 1 is 1.41 bits per heavy atom. The number of aromatic hydroxyl groups is 1. The molecule has 0 saturated heterocycles. The highest BCUT2D eigenvalue weighted by Crippen LogP contribution is 2.45. The normalized spacial score (nSPS) is 12.0. The van der Waals surface area contributed by atoms with Crippen molar-refractivity contribution in [3.8, 4) is 17.2 Å². The van der Waals surface area contributed by atoms with Crippen LogP contribution in [0.2, 0.25) is 0 Å². The van der Waals surface area contributed by atoms with Crippen LogP contribution in [-0.2, 0) is 4.79 Å². The van der Waals surface area contributed by atoms with Gasteiger partial charge in [0.1, 0.15) is 5.75 Å². The molecule has 0 saturated carbocycles. The smallest absolute Gasteiger partial charge is 0.310 e. The van der Waals surface area contributed by atoms with Crippen LogP contribution in [0.15, 0.2) is 10.5 Å². The Bertz CT molecular complexity index is 444. The number of ether oxygens (including phenoxy) is 2. The highest BCUT2D eigenvalue weighted by molar-refractivity contribution is 9.10. The van der Waals surface area contributed by atoms with E-state index >= 15 is 0 Å². The third-order valence-electron chi connectivity index (χ3n) is 2.43. The summed E-state index contributed by atoms with van der Waals surface area (Å²) in [6.45, 7) is 1.48. The van der Waals surface area contributed by atoms with E-state index in [9.17, 15) is 9.90 Å². The van der Waals surface area contributed by atoms with E-state index in [4.69, 9.17) is 14.6 Å². The first kappa shape index (κ1) is 13.6. The van der Waals surface area contributed by atoms with Gasteiger partial charge in [-0.3, -0.25) is 4.79 Å². The van der Waals surface area contributed by atoms with Gasteiger partial charge < -0.3 is 19.7 Å². The van der Waals surface area contributed by atoms with E-state index in [-0.39, 0.29) is 11.3 Å². The third kappa shape index (κ3) is 2.46. The lowest BCUT2D eigenvalue weighted by Crippen LogP contribution is -2.09. The zero-order valence-corrected chi connectivity index (χ0v) is 11.2. The Balaban J connectivity index is 3.47. The van der Waals surface area contributed by atoms with E-state index in [0.717, 1.165) is 0 Å². The molecule has 0 bridgehead atoms. The van der Waals surface area contributed by atoms with Crippen molar-refractivity contribution in [2.75, 3.05) is 14.2 Å². The first-order valence-corrected chi connectivity index (χ1v) is 5.59. The monoisotopic (exact) mass is 304 g/mol. The predicted octanol–water partition coefficient (Wildman–Crippen LogP) is 2.36. The third-order valence-corrected chi connectivity index (χ3v) is 3.22. The second-order valence-electron chi connectivity index (χ2n) is 3.42. The summed E-state index contributed by atoms with van der Waals surface area (Å²) in [6, 6.07) is 1.33. The molecule has 94 valence electrons. The summed E-state index contributed by atoms with van der Waals surface area (Å²) in [5, 5.41) is 18.8. The lowest BCUT2D eigenvalue weighted by atomic mass is 9.99. The van der Waals surface area contributed by atoms with Crippen molar-refractivity contribution in [1.82, 2.24) is 0 Å². The van der Waals surface area contributed by atoms with Crippen LogP contribution in [0.3, 0.4) is 0 Å². The summed E-state index contributed by atoms with van der Waals surface area (Å²) in [6.07, 6.45) is 0. The molecule has 0 aliphatic carbocycles. The van der Waals surface area contributed by atoms with E-state index in [1.54, 1.807) is 0 Å². The molecule has 2 N–H and O–H groups in total. The minimum atomic E-state index is -1.03. The number of methoxy groups -OCH3 is 2. The van der Waals surface area contributed by atoms with Crippen LogP contribution in [0.4, 0.5) is 0 Å². The second kappa shape index (κ2) is 5.27. The standard InChI is InChI=1S/C11H13BrO5/c1-5(11(14)15)8-6(13)4-7(16-2)10(17-3)9(8)12/h4-5,13H,1-3H3,(H,14,15). The zero-order valence-electron chi connectivity index (χ0n) is 9.65. The maximum absolute atomic E-state index is 11.0. The summed E-state index contributed by atoms with van der Waals surface area (Å²) in [7, 11) is 2.87. The molecule has 5 nitrogen and oxygen atoms in total. The molecule has 6 heteroatoms. The van der Waals surface area contributed by atoms with Crippen LogP contribution in [-0.4, -0.2) is 30.4 Å². The van der Waals surface area contributed by atoms with Gasteiger partial charge in [-0.25, -0.2) is 0 Å². The molecule has 1 aromatic rings. The SMILES string of the molecule is COc1cc(O)c(C(C)C(=O)O)c(Br)c1OC. The van der Waals surface area contributed by atoms with Gasteiger partial charge in [-0.15, -0.1) is 0 Å². The molecule has 0 aliphatic heterocycles. The number of benzene rings is 1. The maximum Gasteiger partial charge on any atom is 0.310 e. The van der Waals surface area contributed by atoms with Gasteiger partial charge in [0.15, 0.2) is 11.5 Å². The Hall–Kier alpha value is -1.43. The lowest BCUT2D eigenvalue weighted by Gasteiger charge is -2.17. The van der Waals surface area contributed by atoms with Crippen molar-refractivity contribution < 1.29 is 24.5 Å². The van der Waals surface area contributed by atoms with Crippen LogP contribution in [0, 0.1) is 0 Å². The topological polar surface area (TPSA) is 76.0 Å². The molecular formula is C11H13BrO5. The molecule has 1 rings (SSSR count). The number of phenols is 1. The van der Waals surface area contributed by atoms with Crippen molar-refractivity contribution in [3.63, 3.8) is 0 Å². The highest BCUT2D eigenvalue weighted by atomic mass is 79.9. The number of hydrogen-bond acceptors (Lipinski definition) is 4. The maximum atomic E-state index is 11.0. The van der Waals surface area contributed by atoms with Gasteiger partial charge in [-0.2, -0.15) is 0 Å². The lowest BCUT2D eigenvalue weighted by molar-refractivity contribution is -0.138. The number of rotatable bonds is 4. The van der Waals surface area contributed by atoms with Crippen LogP contribution >= 0.6 is 15.9 Å². The van der Waals surface area contributed by atoms with Crippen molar-refractivity contribution in [2.45, 2.75) is 12.8 Å². The first-order valence-electron chi connectivity index (χ1n) is 4.80. The fourth-order valence-corrected chi connectivity index (χ4v) is 2.39. The summed E-state index contributed by atoms with van der Waals surface area (Å²) in [4.78, 5) is 11.0. The fraction of sp³-hybridized carbons (Fsp3) is 0.364. The number of phenolic OH excluding ortho intramolecular Hbond substituents is 1. The van der Waals surface area contributed by atoms with E-state index < -0.39 is 11.9 Å². The average Bonchev–Trinajstić information content (AvgIpc) is 2.27. The molecular weight excluding hydrogens is 292 g/mol. The largest absolute Gasteiger partial charge is 0.507 e. The minimum Gasteiger partial charge on any atom is -0.507 e. The van der Waals surface area contributed by atoms with Gasteiger partial charge in [-0.05, 0) is 22.9 Å². The molecule has 0 amide bonds. The Morgan fingerprint density at radius 2 is 2.00 bits per heavy atom. The van der Waals surface area contributed by atoms with Crippen LogP contribution in [0.1, 0.15) is 18.4 Å². The number of aliphatic carboxylic acids is 1. The van der Waals surface area contributed by atoms with Gasteiger partial charge >= 0.3 is 5.97 Å². The van der Waals surface area contributed by atoms with E-state index in [1.807, 2.05) is 0 Å². The van der Waals surface area contributed by atoms with Gasteiger partial charge in [0.25, 0.3) is 0 Å². The molecule has 1 atom stereocenters. The molecule has 0 aromatic heterocycles. The number of carboxylic acid groups (broad SMARTS) is 1. The molecule has 0 radical (unpaired) electrons. The van der Waals surface area contributed by atoms with Crippen molar-refractivity contribution in [2.24, 2.45) is 0 Å². The summed E-state index contributed by atoms with van der Waals surface area (Å²) in [5.74, 6) is -1.35. The second-order valence-corrected chi connectivity index (χ2v) is 4.21. The van der Waals surface area contributed by atoms with Gasteiger partial charge in [0.2, 0.25) is 0 Å². The zero-order chi connectivity index (χ0) is 13.2. The van der Waals surface area contributed by atoms with E-state index in [1.165, 1.54) is 27.2 Å². The van der Waals surface area contributed by atoms with Crippen molar-refractivity contribution in [3.05, 3.63) is 16.1 Å². The molecule has 0 spiro atoms. The Kier molecular flexibility index (Phi) is 4.22. The number of halogens is 1. The van der Waals surface area contributed by atoms with Gasteiger partial charge in [0, 0.05) is 11.6 Å². The van der Waals surface area contributed by atoms with Crippen LogP contribution in [0.25, 0.3) is 0 Å². The Morgan fingerprint density at radius 3 is 2.41 bits per heavy atom. The average molecular weight is 305 g/mol. The minimum absolute atomic E-state index is 0.149. The van der Waals surface area contributed by atoms with Crippen molar-refractivity contribution >= 4 is 21.9 Å². The molecule has 0 heterocycles. The molecule has 1 unspecified atom stereocenters. The molecule has 17 heavy (non-hydrogen) atoms. The number of carboxylic acids is 1. The first-order chi connectivity index (χ1) is 7.93. The predicted molar refractivity (Wildman–Crippen MR) is 65.0 cm³/mol. The van der Waals surface area contributed by atoms with Gasteiger partial charge in [0.05, 0.1) is 24.6 Å². The summed E-state index contributed by atoms with van der Waals surface area (Å²) >= 11 is 3.22. The fourth-order valence-electron chi connectivity index (χ4n) is 1.49. The molecule has 0 fully saturated rings. The molecule has 1 aromatic carbocycles. The van der Waals surface area contributed by atoms with Crippen LogP contribution in [0.5, 0.6) is 17.2 Å².